The fraction of sp³-hybridized carbons (Fsp3) is 0.909. The van der Waals surface area contributed by atoms with Crippen molar-refractivity contribution in [2.24, 2.45) is 23.7 Å². The summed E-state index contributed by atoms with van der Waals surface area (Å²) in [6.07, 6.45) is 6.90. The Labute approximate surface area is 168 Å². The number of rotatable bonds is 3. The van der Waals surface area contributed by atoms with Crippen molar-refractivity contribution in [2.45, 2.75) is 89.5 Å². The molecule has 2 aliphatic carbocycles. The normalized spacial score (nSPS) is 43.6. The molecule has 158 valence electrons. The van der Waals surface area contributed by atoms with Crippen LogP contribution in [0.2, 0.25) is 0 Å². The van der Waals surface area contributed by atoms with Crippen LogP contribution >= 0.6 is 0 Å². The van der Waals surface area contributed by atoms with Gasteiger partial charge in [-0.25, -0.2) is 4.39 Å². The Hall–Kier alpha value is -1.17. The SMILES string of the molecule is CC(=O)N1CCC(C2CCCC(NC(=O)C3CC4C(F)CCC(C)C4N3)C2)C1. The van der Waals surface area contributed by atoms with Crippen LogP contribution < -0.4 is 10.6 Å². The second kappa shape index (κ2) is 8.29. The Bertz CT molecular complexity index is 582. The smallest absolute Gasteiger partial charge is 0.237 e. The summed E-state index contributed by atoms with van der Waals surface area (Å²) in [6, 6.07) is 0.129. The molecule has 4 fully saturated rings. The molecular formula is C22H36FN3O2. The van der Waals surface area contributed by atoms with Crippen LogP contribution in [0, 0.1) is 23.7 Å². The van der Waals surface area contributed by atoms with Crippen LogP contribution in [0.1, 0.15) is 65.2 Å². The van der Waals surface area contributed by atoms with Gasteiger partial charge in [0.2, 0.25) is 11.8 Å². The molecule has 0 aromatic heterocycles. The molecule has 0 aromatic carbocycles. The van der Waals surface area contributed by atoms with Gasteiger partial charge in [-0.15, -0.1) is 0 Å². The highest BCUT2D eigenvalue weighted by Crippen LogP contribution is 2.39. The Balaban J connectivity index is 1.29. The molecule has 6 heteroatoms. The Morgan fingerprint density at radius 2 is 1.89 bits per heavy atom. The number of hydrogen-bond donors (Lipinski definition) is 2. The van der Waals surface area contributed by atoms with Gasteiger partial charge in [0.1, 0.15) is 6.17 Å². The van der Waals surface area contributed by atoms with E-state index >= 15 is 0 Å². The van der Waals surface area contributed by atoms with E-state index in [1.807, 2.05) is 4.90 Å². The van der Waals surface area contributed by atoms with Crippen molar-refractivity contribution in [1.82, 2.24) is 15.5 Å². The number of carbonyl (C=O) groups is 2. The third-order valence-electron chi connectivity index (χ3n) is 8.05. The summed E-state index contributed by atoms with van der Waals surface area (Å²) >= 11 is 0. The van der Waals surface area contributed by atoms with Crippen molar-refractivity contribution in [1.29, 1.82) is 0 Å². The van der Waals surface area contributed by atoms with E-state index < -0.39 is 6.17 Å². The molecule has 0 spiro atoms. The molecule has 2 aliphatic heterocycles. The second-order valence-corrected chi connectivity index (χ2v) is 9.86. The molecule has 4 rings (SSSR count). The minimum Gasteiger partial charge on any atom is -0.352 e. The highest BCUT2D eigenvalue weighted by Gasteiger charge is 2.46. The zero-order chi connectivity index (χ0) is 19.8. The Morgan fingerprint density at radius 3 is 2.61 bits per heavy atom. The average molecular weight is 394 g/mol. The maximum atomic E-state index is 14.3. The quantitative estimate of drug-likeness (QED) is 0.775. The van der Waals surface area contributed by atoms with Crippen molar-refractivity contribution in [2.75, 3.05) is 13.1 Å². The summed E-state index contributed by atoms with van der Waals surface area (Å²) in [7, 11) is 0. The lowest BCUT2D eigenvalue weighted by Gasteiger charge is -2.34. The van der Waals surface area contributed by atoms with Gasteiger partial charge in [-0.2, -0.15) is 0 Å². The molecule has 4 aliphatic rings. The number of nitrogens with zero attached hydrogens (tertiary/aromatic N) is 1. The van der Waals surface area contributed by atoms with E-state index in [0.29, 0.717) is 30.6 Å². The van der Waals surface area contributed by atoms with Gasteiger partial charge in [0.05, 0.1) is 6.04 Å². The van der Waals surface area contributed by atoms with Gasteiger partial charge in [0.25, 0.3) is 0 Å². The molecule has 0 bridgehead atoms. The van der Waals surface area contributed by atoms with Gasteiger partial charge in [-0.3, -0.25) is 9.59 Å². The van der Waals surface area contributed by atoms with E-state index in [4.69, 9.17) is 0 Å². The molecule has 2 saturated heterocycles. The first-order valence-electron chi connectivity index (χ1n) is 11.4. The van der Waals surface area contributed by atoms with E-state index in [1.54, 1.807) is 6.92 Å². The standard InChI is InChI=1S/C22H36FN3O2/c1-13-6-7-19(23)18-11-20(25-21(13)18)22(28)24-17-5-3-4-15(10-17)16-8-9-26(12-16)14(2)27/h13,15-21,25H,3-12H2,1-2H3,(H,24,28). The van der Waals surface area contributed by atoms with E-state index in [2.05, 4.69) is 17.6 Å². The summed E-state index contributed by atoms with van der Waals surface area (Å²) in [4.78, 5) is 26.5. The maximum absolute atomic E-state index is 14.3. The molecule has 2 amide bonds. The van der Waals surface area contributed by atoms with Gasteiger partial charge < -0.3 is 15.5 Å². The van der Waals surface area contributed by atoms with Crippen LogP contribution in [-0.4, -0.2) is 54.1 Å². The molecule has 0 radical (unpaired) electrons. The van der Waals surface area contributed by atoms with E-state index in [-0.39, 0.29) is 35.9 Å². The monoisotopic (exact) mass is 393 g/mol. The Kier molecular flexibility index (Phi) is 5.96. The van der Waals surface area contributed by atoms with E-state index in [9.17, 15) is 14.0 Å². The molecule has 5 nitrogen and oxygen atoms in total. The maximum Gasteiger partial charge on any atom is 0.237 e. The summed E-state index contributed by atoms with van der Waals surface area (Å²) in [6.45, 7) is 5.59. The summed E-state index contributed by atoms with van der Waals surface area (Å²) in [5.41, 5.74) is 0. The molecule has 0 aromatic rings. The predicted molar refractivity (Wildman–Crippen MR) is 106 cm³/mol. The fourth-order valence-corrected chi connectivity index (χ4v) is 6.35. The van der Waals surface area contributed by atoms with E-state index in [0.717, 1.165) is 45.2 Å². The van der Waals surface area contributed by atoms with Gasteiger partial charge in [0.15, 0.2) is 0 Å². The number of carbonyl (C=O) groups excluding carboxylic acids is 2. The van der Waals surface area contributed by atoms with Crippen LogP contribution in [0.4, 0.5) is 4.39 Å². The predicted octanol–water partition coefficient (Wildman–Crippen LogP) is 2.64. The number of likely N-dealkylation sites (tertiary alicyclic amines) is 1. The fourth-order valence-electron chi connectivity index (χ4n) is 6.35. The first-order valence-corrected chi connectivity index (χ1v) is 11.4. The molecule has 28 heavy (non-hydrogen) atoms. The number of alkyl halides is 1. The number of hydrogen-bond acceptors (Lipinski definition) is 3. The molecular weight excluding hydrogens is 357 g/mol. The van der Waals surface area contributed by atoms with Gasteiger partial charge in [-0.05, 0) is 62.7 Å². The van der Waals surface area contributed by atoms with Crippen molar-refractivity contribution >= 4 is 11.8 Å². The summed E-state index contributed by atoms with van der Waals surface area (Å²) < 4.78 is 14.3. The Morgan fingerprint density at radius 1 is 1.07 bits per heavy atom. The largest absolute Gasteiger partial charge is 0.352 e. The number of nitrogens with one attached hydrogen (secondary N) is 2. The lowest BCUT2D eigenvalue weighted by Crippen LogP contribution is -2.49. The molecule has 8 unspecified atom stereocenters. The van der Waals surface area contributed by atoms with Crippen LogP contribution in [0.15, 0.2) is 0 Å². The first kappa shape index (κ1) is 20.1. The lowest BCUT2D eigenvalue weighted by atomic mass is 9.77. The van der Waals surface area contributed by atoms with Crippen LogP contribution in [0.5, 0.6) is 0 Å². The minimum atomic E-state index is -0.767. The van der Waals surface area contributed by atoms with Crippen LogP contribution in [-0.2, 0) is 9.59 Å². The van der Waals surface area contributed by atoms with Crippen molar-refractivity contribution in [3.8, 4) is 0 Å². The molecule has 2 N–H and O–H groups in total. The van der Waals surface area contributed by atoms with Crippen LogP contribution in [0.3, 0.4) is 0 Å². The highest BCUT2D eigenvalue weighted by molar-refractivity contribution is 5.82. The topological polar surface area (TPSA) is 61.4 Å². The number of amides is 2. The molecule has 2 saturated carbocycles. The van der Waals surface area contributed by atoms with Crippen molar-refractivity contribution in [3.05, 3.63) is 0 Å². The third-order valence-corrected chi connectivity index (χ3v) is 8.05. The zero-order valence-corrected chi connectivity index (χ0v) is 17.3. The highest BCUT2D eigenvalue weighted by atomic mass is 19.1. The van der Waals surface area contributed by atoms with Gasteiger partial charge >= 0.3 is 0 Å². The average Bonchev–Trinajstić information content (AvgIpc) is 3.33. The molecule has 2 heterocycles. The van der Waals surface area contributed by atoms with Crippen molar-refractivity contribution < 1.29 is 14.0 Å². The summed E-state index contributed by atoms with van der Waals surface area (Å²) in [5, 5.41) is 6.73. The zero-order valence-electron chi connectivity index (χ0n) is 17.3. The molecule has 8 atom stereocenters. The third kappa shape index (κ3) is 4.07. The lowest BCUT2D eigenvalue weighted by molar-refractivity contribution is -0.128. The number of fused-ring (bicyclic) bond motifs is 1. The van der Waals surface area contributed by atoms with Gasteiger partial charge in [-0.1, -0.05) is 13.3 Å². The number of halogens is 1. The first-order chi connectivity index (χ1) is 13.4. The second-order valence-electron chi connectivity index (χ2n) is 9.86. The van der Waals surface area contributed by atoms with Gasteiger partial charge in [0, 0.05) is 38.0 Å². The van der Waals surface area contributed by atoms with E-state index in [1.165, 1.54) is 6.42 Å². The van der Waals surface area contributed by atoms with Crippen molar-refractivity contribution in [3.63, 3.8) is 0 Å². The summed E-state index contributed by atoms with van der Waals surface area (Å²) in [5.74, 6) is 1.85. The van der Waals surface area contributed by atoms with Crippen LogP contribution in [0.25, 0.3) is 0 Å². The minimum absolute atomic E-state index is 0.00495.